The van der Waals surface area contributed by atoms with Crippen molar-refractivity contribution in [1.82, 2.24) is 20.4 Å². The minimum Gasteiger partial charge on any atom is -0.481 e. The van der Waals surface area contributed by atoms with Crippen molar-refractivity contribution in [2.45, 2.75) is 122 Å². The Morgan fingerprint density at radius 3 is 2.09 bits per heavy atom. The zero-order valence-corrected chi connectivity index (χ0v) is 26.8. The highest BCUT2D eigenvalue weighted by atomic mass is 16.6. The summed E-state index contributed by atoms with van der Waals surface area (Å²) in [6.45, 7) is 8.33. The largest absolute Gasteiger partial charge is 0.481 e. The predicted molar refractivity (Wildman–Crippen MR) is 162 cm³/mol. The van der Waals surface area contributed by atoms with Crippen LogP contribution in [0.15, 0.2) is 0 Å². The second kappa shape index (κ2) is 17.8. The quantitative estimate of drug-likeness (QED) is 0.213. The minimum absolute atomic E-state index is 0.159. The third-order valence-electron chi connectivity index (χ3n) is 8.28. The summed E-state index contributed by atoms with van der Waals surface area (Å²) in [6, 6.07) is -2.66. The number of carboxylic acid groups (broad SMARTS) is 2. The molecular formula is C31H52N4O9. The van der Waals surface area contributed by atoms with E-state index in [2.05, 4.69) is 10.6 Å². The molecule has 0 radical (unpaired) electrons. The van der Waals surface area contributed by atoms with E-state index in [9.17, 15) is 39.0 Å². The van der Waals surface area contributed by atoms with Crippen LogP contribution < -0.4 is 10.6 Å². The molecule has 2 aliphatic rings. The van der Waals surface area contributed by atoms with Crippen LogP contribution in [0.25, 0.3) is 0 Å². The average molecular weight is 625 g/mol. The summed E-state index contributed by atoms with van der Waals surface area (Å²) in [4.78, 5) is 77.2. The highest BCUT2D eigenvalue weighted by Gasteiger charge is 2.31. The molecule has 13 nitrogen and oxygen atoms in total. The number of nitrogens with one attached hydrogen (secondary N) is 2. The van der Waals surface area contributed by atoms with E-state index in [4.69, 9.17) is 4.74 Å². The van der Waals surface area contributed by atoms with Gasteiger partial charge in [0, 0.05) is 26.1 Å². The Morgan fingerprint density at radius 1 is 0.909 bits per heavy atom. The van der Waals surface area contributed by atoms with E-state index in [0.29, 0.717) is 25.4 Å². The summed E-state index contributed by atoms with van der Waals surface area (Å²) >= 11 is 0. The standard InChI is InChI=1S/C31H52N4O9/c1-5-34(26(37)13-9-12-21-14-16-35(17-15-21)30(43)44-31(2,3)4)20-25(36)32-23(19-27(38)39)28(40)33-24(29(41)42)18-22-10-7-6-8-11-22/h21-24H,5-20H2,1-4H3,(H,32,36)(H,33,40)(H,38,39)(H,41,42)/t23-,24-/m0/s1. The fraction of sp³-hybridized carbons (Fsp3) is 0.806. The van der Waals surface area contributed by atoms with E-state index < -0.39 is 47.9 Å². The van der Waals surface area contributed by atoms with Crippen molar-refractivity contribution in [3.8, 4) is 0 Å². The molecule has 0 aromatic rings. The molecule has 4 amide bonds. The Kier molecular flexibility index (Phi) is 14.9. The number of likely N-dealkylation sites (N-methyl/N-ethyl adjacent to an activating group) is 1. The number of piperidine rings is 1. The highest BCUT2D eigenvalue weighted by molar-refractivity contribution is 5.94. The van der Waals surface area contributed by atoms with Crippen LogP contribution in [-0.2, 0) is 28.7 Å². The van der Waals surface area contributed by atoms with Gasteiger partial charge in [-0.3, -0.25) is 19.2 Å². The summed E-state index contributed by atoms with van der Waals surface area (Å²) in [5, 5.41) is 23.8. The normalized spacial score (nSPS) is 17.7. The molecule has 1 saturated heterocycles. The first kappa shape index (κ1) is 36.8. The van der Waals surface area contributed by atoms with E-state index >= 15 is 0 Å². The molecule has 1 aliphatic heterocycles. The number of carbonyl (C=O) groups excluding carboxylic acids is 4. The summed E-state index contributed by atoms with van der Waals surface area (Å²) in [7, 11) is 0. The van der Waals surface area contributed by atoms with Crippen molar-refractivity contribution in [2.75, 3.05) is 26.2 Å². The van der Waals surface area contributed by atoms with Crippen molar-refractivity contribution >= 4 is 35.8 Å². The Hall–Kier alpha value is -3.38. The molecule has 1 heterocycles. The van der Waals surface area contributed by atoms with Gasteiger partial charge in [-0.05, 0) is 71.6 Å². The summed E-state index contributed by atoms with van der Waals surface area (Å²) in [5.41, 5.74) is -0.544. The fourth-order valence-corrected chi connectivity index (χ4v) is 5.85. The maximum Gasteiger partial charge on any atom is 0.410 e. The Morgan fingerprint density at radius 2 is 1.55 bits per heavy atom. The number of nitrogens with zero attached hydrogens (tertiary/aromatic N) is 2. The lowest BCUT2D eigenvalue weighted by Gasteiger charge is -2.33. The van der Waals surface area contributed by atoms with Crippen molar-refractivity contribution in [3.63, 3.8) is 0 Å². The van der Waals surface area contributed by atoms with Gasteiger partial charge in [-0.25, -0.2) is 9.59 Å². The van der Waals surface area contributed by atoms with Crippen molar-refractivity contribution in [2.24, 2.45) is 11.8 Å². The molecule has 2 fully saturated rings. The highest BCUT2D eigenvalue weighted by Crippen LogP contribution is 2.27. The first-order chi connectivity index (χ1) is 20.7. The molecule has 1 saturated carbocycles. The SMILES string of the molecule is CCN(CC(=O)N[C@@H](CC(=O)O)C(=O)N[C@@H](CC1CCCCC1)C(=O)O)C(=O)CCCC1CCN(C(=O)OC(C)(C)C)CC1. The van der Waals surface area contributed by atoms with E-state index in [1.807, 2.05) is 20.8 Å². The van der Waals surface area contributed by atoms with Crippen LogP contribution in [0, 0.1) is 11.8 Å². The first-order valence-corrected chi connectivity index (χ1v) is 16.0. The predicted octanol–water partition coefficient (Wildman–Crippen LogP) is 3.15. The second-order valence-corrected chi connectivity index (χ2v) is 13.1. The molecule has 44 heavy (non-hydrogen) atoms. The monoisotopic (exact) mass is 624 g/mol. The van der Waals surface area contributed by atoms with Gasteiger partial charge in [0.2, 0.25) is 17.7 Å². The summed E-state index contributed by atoms with van der Waals surface area (Å²) < 4.78 is 5.43. The maximum atomic E-state index is 12.9. The zero-order chi connectivity index (χ0) is 32.9. The topological polar surface area (TPSA) is 183 Å². The van der Waals surface area contributed by atoms with Crippen LogP contribution in [0.2, 0.25) is 0 Å². The molecule has 13 heteroatoms. The summed E-state index contributed by atoms with van der Waals surface area (Å²) in [5.74, 6) is -3.81. The van der Waals surface area contributed by atoms with Gasteiger partial charge in [0.05, 0.1) is 13.0 Å². The van der Waals surface area contributed by atoms with Crippen molar-refractivity contribution in [3.05, 3.63) is 0 Å². The number of ether oxygens (including phenoxy) is 1. The minimum atomic E-state index is -1.48. The Bertz CT molecular complexity index is 999. The molecule has 0 aromatic heterocycles. The van der Waals surface area contributed by atoms with Gasteiger partial charge in [0.15, 0.2) is 0 Å². The fourth-order valence-electron chi connectivity index (χ4n) is 5.85. The van der Waals surface area contributed by atoms with Gasteiger partial charge in [0.1, 0.15) is 17.7 Å². The van der Waals surface area contributed by atoms with Crippen LogP contribution in [-0.4, -0.2) is 99.6 Å². The van der Waals surface area contributed by atoms with Crippen LogP contribution in [0.3, 0.4) is 0 Å². The van der Waals surface area contributed by atoms with E-state index in [0.717, 1.165) is 51.4 Å². The third kappa shape index (κ3) is 13.5. The molecule has 0 aromatic carbocycles. The second-order valence-electron chi connectivity index (χ2n) is 13.1. The lowest BCUT2D eigenvalue weighted by atomic mass is 9.85. The van der Waals surface area contributed by atoms with Crippen LogP contribution in [0.1, 0.15) is 105 Å². The van der Waals surface area contributed by atoms with Gasteiger partial charge < -0.3 is 35.4 Å². The number of hydrogen-bond donors (Lipinski definition) is 4. The van der Waals surface area contributed by atoms with Crippen molar-refractivity contribution < 1.29 is 43.7 Å². The van der Waals surface area contributed by atoms with Gasteiger partial charge >= 0.3 is 18.0 Å². The molecule has 250 valence electrons. The van der Waals surface area contributed by atoms with Gasteiger partial charge in [-0.2, -0.15) is 0 Å². The van der Waals surface area contributed by atoms with Crippen LogP contribution in [0.5, 0.6) is 0 Å². The molecule has 0 spiro atoms. The molecule has 0 unspecified atom stereocenters. The number of amides is 4. The molecule has 4 N–H and O–H groups in total. The summed E-state index contributed by atoms with van der Waals surface area (Å²) in [6.07, 6.45) is 7.38. The molecule has 2 rings (SSSR count). The average Bonchev–Trinajstić information content (AvgIpc) is 2.94. The smallest absolute Gasteiger partial charge is 0.410 e. The van der Waals surface area contributed by atoms with Crippen LogP contribution in [0.4, 0.5) is 4.79 Å². The zero-order valence-electron chi connectivity index (χ0n) is 26.8. The van der Waals surface area contributed by atoms with Crippen molar-refractivity contribution in [1.29, 1.82) is 0 Å². The number of likely N-dealkylation sites (tertiary alicyclic amines) is 1. The lowest BCUT2D eigenvalue weighted by molar-refractivity contribution is -0.144. The third-order valence-corrected chi connectivity index (χ3v) is 8.28. The van der Waals surface area contributed by atoms with Gasteiger partial charge in [-0.15, -0.1) is 0 Å². The number of carboxylic acids is 2. The van der Waals surface area contributed by atoms with Crippen LogP contribution >= 0.6 is 0 Å². The lowest BCUT2D eigenvalue weighted by Crippen LogP contribution is -2.54. The molecule has 1 aliphatic carbocycles. The first-order valence-electron chi connectivity index (χ1n) is 16.0. The molecule has 0 bridgehead atoms. The number of aliphatic carboxylic acids is 2. The Balaban J connectivity index is 1.82. The van der Waals surface area contributed by atoms with E-state index in [1.54, 1.807) is 11.8 Å². The van der Waals surface area contributed by atoms with E-state index in [1.165, 1.54) is 4.90 Å². The van der Waals surface area contributed by atoms with E-state index in [-0.39, 0.29) is 43.8 Å². The molecule has 2 atom stereocenters. The number of hydrogen-bond acceptors (Lipinski definition) is 7. The molecular weight excluding hydrogens is 572 g/mol. The Labute approximate surface area is 260 Å². The number of carbonyl (C=O) groups is 6. The number of rotatable bonds is 15. The van der Waals surface area contributed by atoms with Gasteiger partial charge in [-0.1, -0.05) is 32.1 Å². The van der Waals surface area contributed by atoms with Gasteiger partial charge in [0.25, 0.3) is 0 Å². The maximum absolute atomic E-state index is 12.9.